The van der Waals surface area contributed by atoms with Crippen LogP contribution in [-0.2, 0) is 9.59 Å². The maximum absolute atomic E-state index is 12.0. The van der Waals surface area contributed by atoms with Gasteiger partial charge < -0.3 is 10.6 Å². The van der Waals surface area contributed by atoms with Gasteiger partial charge in [-0.1, -0.05) is 76.8 Å². The number of carbonyl (C=O) groups is 2. The lowest BCUT2D eigenvalue weighted by Crippen LogP contribution is -2.36. The quantitative estimate of drug-likeness (QED) is 0.393. The highest BCUT2D eigenvalue weighted by molar-refractivity contribution is 6.39. The normalized spacial score (nSPS) is 10.6. The van der Waals surface area contributed by atoms with Crippen LogP contribution in [0.5, 0.6) is 0 Å². The molecule has 1 rings (SSSR count). The number of nitrogens with one attached hydrogen (secondary N) is 2. The summed E-state index contributed by atoms with van der Waals surface area (Å²) in [5.74, 6) is -1.15. The van der Waals surface area contributed by atoms with E-state index in [1.807, 2.05) is 32.0 Å². The molecular weight excluding hydrogens is 324 g/mol. The zero-order valence-corrected chi connectivity index (χ0v) is 16.8. The summed E-state index contributed by atoms with van der Waals surface area (Å²) in [4.78, 5) is 23.8. The van der Waals surface area contributed by atoms with Crippen molar-refractivity contribution in [1.82, 2.24) is 5.32 Å². The summed E-state index contributed by atoms with van der Waals surface area (Å²) in [5, 5.41) is 5.40. The summed E-state index contributed by atoms with van der Waals surface area (Å²) in [6.07, 6.45) is 12.6. The highest BCUT2D eigenvalue weighted by Crippen LogP contribution is 2.17. The van der Waals surface area contributed by atoms with Crippen LogP contribution in [0.2, 0.25) is 0 Å². The van der Waals surface area contributed by atoms with Crippen LogP contribution in [0.4, 0.5) is 5.69 Å². The lowest BCUT2D eigenvalue weighted by Gasteiger charge is -2.10. The maximum atomic E-state index is 12.0. The van der Waals surface area contributed by atoms with Gasteiger partial charge in [0.15, 0.2) is 0 Å². The Balaban J connectivity index is 2.07. The van der Waals surface area contributed by atoms with E-state index in [1.165, 1.54) is 51.4 Å². The first-order chi connectivity index (χ1) is 12.6. The standard InChI is InChI=1S/C22H36N2O2/c1-4-5-6-7-8-9-10-11-12-13-17-23-21(25)22(26)24-20-16-14-15-18(2)19(20)3/h14-16H,4-13,17H2,1-3H3,(H,23,25)(H,24,26). The minimum Gasteiger partial charge on any atom is -0.348 e. The molecule has 4 heteroatoms. The Labute approximate surface area is 159 Å². The molecule has 2 N–H and O–H groups in total. The first kappa shape index (κ1) is 22.2. The number of benzene rings is 1. The van der Waals surface area contributed by atoms with Crippen LogP contribution in [0.1, 0.15) is 82.3 Å². The Hall–Kier alpha value is -1.84. The van der Waals surface area contributed by atoms with Crippen LogP contribution in [0.3, 0.4) is 0 Å². The molecule has 0 heterocycles. The zero-order valence-electron chi connectivity index (χ0n) is 16.8. The fourth-order valence-electron chi connectivity index (χ4n) is 2.96. The zero-order chi connectivity index (χ0) is 19.2. The lowest BCUT2D eigenvalue weighted by atomic mass is 10.1. The molecule has 0 unspecified atom stereocenters. The monoisotopic (exact) mass is 360 g/mol. The molecule has 0 bridgehead atoms. The number of unbranched alkanes of at least 4 members (excludes halogenated alkanes) is 9. The molecule has 0 spiro atoms. The Morgan fingerprint density at radius 2 is 1.38 bits per heavy atom. The van der Waals surface area contributed by atoms with Gasteiger partial charge in [-0.3, -0.25) is 9.59 Å². The van der Waals surface area contributed by atoms with E-state index in [2.05, 4.69) is 17.6 Å². The van der Waals surface area contributed by atoms with Gasteiger partial charge in [-0.15, -0.1) is 0 Å². The molecule has 0 saturated carbocycles. The predicted molar refractivity (Wildman–Crippen MR) is 109 cm³/mol. The highest BCUT2D eigenvalue weighted by atomic mass is 16.2. The molecule has 1 aromatic carbocycles. The molecule has 0 aliphatic heterocycles. The fraction of sp³-hybridized carbons (Fsp3) is 0.636. The van der Waals surface area contributed by atoms with Crippen molar-refractivity contribution in [2.45, 2.75) is 85.0 Å². The second-order valence-corrected chi connectivity index (χ2v) is 7.14. The molecule has 0 fully saturated rings. The van der Waals surface area contributed by atoms with Crippen molar-refractivity contribution in [2.75, 3.05) is 11.9 Å². The molecule has 146 valence electrons. The third-order valence-electron chi connectivity index (χ3n) is 4.87. The topological polar surface area (TPSA) is 58.2 Å². The summed E-state index contributed by atoms with van der Waals surface area (Å²) in [5.41, 5.74) is 2.78. The number of aryl methyl sites for hydroxylation is 1. The Kier molecular flexibility index (Phi) is 11.4. The lowest BCUT2D eigenvalue weighted by molar-refractivity contribution is -0.136. The molecule has 0 radical (unpaired) electrons. The van der Waals surface area contributed by atoms with Gasteiger partial charge in [-0.2, -0.15) is 0 Å². The van der Waals surface area contributed by atoms with Gasteiger partial charge in [0.25, 0.3) is 0 Å². The first-order valence-corrected chi connectivity index (χ1v) is 10.2. The van der Waals surface area contributed by atoms with E-state index in [1.54, 1.807) is 0 Å². The van der Waals surface area contributed by atoms with Crippen LogP contribution in [0.15, 0.2) is 18.2 Å². The van der Waals surface area contributed by atoms with Gasteiger partial charge in [0, 0.05) is 12.2 Å². The minimum atomic E-state index is -0.592. The minimum absolute atomic E-state index is 0.554. The van der Waals surface area contributed by atoms with Crippen LogP contribution < -0.4 is 10.6 Å². The van der Waals surface area contributed by atoms with E-state index in [4.69, 9.17) is 0 Å². The van der Waals surface area contributed by atoms with E-state index in [0.29, 0.717) is 12.2 Å². The summed E-state index contributed by atoms with van der Waals surface area (Å²) < 4.78 is 0. The van der Waals surface area contributed by atoms with Gasteiger partial charge in [-0.05, 0) is 37.5 Å². The van der Waals surface area contributed by atoms with Crippen molar-refractivity contribution in [2.24, 2.45) is 0 Å². The highest BCUT2D eigenvalue weighted by Gasteiger charge is 2.14. The SMILES string of the molecule is CCCCCCCCCCCCNC(=O)C(=O)Nc1cccc(C)c1C. The third-order valence-corrected chi connectivity index (χ3v) is 4.87. The fourth-order valence-corrected chi connectivity index (χ4v) is 2.96. The van der Waals surface area contributed by atoms with Crippen LogP contribution >= 0.6 is 0 Å². The van der Waals surface area contributed by atoms with Crippen LogP contribution in [-0.4, -0.2) is 18.4 Å². The third kappa shape index (κ3) is 9.02. The van der Waals surface area contributed by atoms with Gasteiger partial charge in [0.1, 0.15) is 0 Å². The second kappa shape index (κ2) is 13.4. The van der Waals surface area contributed by atoms with Crippen LogP contribution in [0, 0.1) is 13.8 Å². The average Bonchev–Trinajstić information content (AvgIpc) is 2.63. The largest absolute Gasteiger partial charge is 0.348 e. The van der Waals surface area contributed by atoms with Crippen molar-refractivity contribution in [3.8, 4) is 0 Å². The maximum Gasteiger partial charge on any atom is 0.313 e. The Morgan fingerprint density at radius 1 is 0.808 bits per heavy atom. The number of rotatable bonds is 12. The molecule has 0 atom stereocenters. The average molecular weight is 361 g/mol. The van der Waals surface area contributed by atoms with E-state index in [-0.39, 0.29) is 0 Å². The van der Waals surface area contributed by atoms with E-state index in [9.17, 15) is 9.59 Å². The predicted octanol–water partition coefficient (Wildman–Crippen LogP) is 5.28. The number of carbonyl (C=O) groups excluding carboxylic acids is 2. The summed E-state index contributed by atoms with van der Waals surface area (Å²) in [6.45, 7) is 6.73. The van der Waals surface area contributed by atoms with Gasteiger partial charge in [0.05, 0.1) is 0 Å². The van der Waals surface area contributed by atoms with E-state index in [0.717, 1.165) is 24.0 Å². The van der Waals surface area contributed by atoms with Gasteiger partial charge >= 0.3 is 11.8 Å². The van der Waals surface area contributed by atoms with Gasteiger partial charge in [0.2, 0.25) is 0 Å². The van der Waals surface area contributed by atoms with Crippen molar-refractivity contribution >= 4 is 17.5 Å². The second-order valence-electron chi connectivity index (χ2n) is 7.14. The Morgan fingerprint density at radius 3 is 2.00 bits per heavy atom. The molecule has 0 saturated heterocycles. The summed E-state index contributed by atoms with van der Waals surface area (Å²) in [7, 11) is 0. The number of amides is 2. The Bertz CT molecular complexity index is 555. The van der Waals surface area contributed by atoms with E-state index < -0.39 is 11.8 Å². The van der Waals surface area contributed by atoms with Crippen molar-refractivity contribution < 1.29 is 9.59 Å². The smallest absolute Gasteiger partial charge is 0.313 e. The van der Waals surface area contributed by atoms with Gasteiger partial charge in [-0.25, -0.2) is 0 Å². The summed E-state index contributed by atoms with van der Waals surface area (Å²) >= 11 is 0. The number of hydrogen-bond acceptors (Lipinski definition) is 2. The number of hydrogen-bond donors (Lipinski definition) is 2. The van der Waals surface area contributed by atoms with Crippen molar-refractivity contribution in [1.29, 1.82) is 0 Å². The number of anilines is 1. The summed E-state index contributed by atoms with van der Waals surface area (Å²) in [6, 6.07) is 5.67. The molecule has 0 aromatic heterocycles. The van der Waals surface area contributed by atoms with E-state index >= 15 is 0 Å². The molecule has 0 aliphatic rings. The first-order valence-electron chi connectivity index (χ1n) is 10.2. The van der Waals surface area contributed by atoms with Crippen molar-refractivity contribution in [3.63, 3.8) is 0 Å². The molecule has 4 nitrogen and oxygen atoms in total. The molecular formula is C22H36N2O2. The molecule has 2 amide bonds. The molecule has 26 heavy (non-hydrogen) atoms. The van der Waals surface area contributed by atoms with Crippen LogP contribution in [0.25, 0.3) is 0 Å². The molecule has 0 aliphatic carbocycles. The molecule has 1 aromatic rings. The van der Waals surface area contributed by atoms with Crippen molar-refractivity contribution in [3.05, 3.63) is 29.3 Å².